The fraction of sp³-hybridized carbons (Fsp3) is 0.143. The van der Waals surface area contributed by atoms with Gasteiger partial charge in [-0.15, -0.1) is 0 Å². The van der Waals surface area contributed by atoms with Crippen molar-refractivity contribution < 1.29 is 9.53 Å². The third kappa shape index (κ3) is 2.66. The number of aromatic nitrogens is 1. The van der Waals surface area contributed by atoms with Gasteiger partial charge in [0.25, 0.3) is 0 Å². The van der Waals surface area contributed by atoms with Crippen LogP contribution in [0, 0.1) is 0 Å². The summed E-state index contributed by atoms with van der Waals surface area (Å²) in [4.78, 5) is 15.4. The van der Waals surface area contributed by atoms with Gasteiger partial charge < -0.3 is 10.5 Å². The van der Waals surface area contributed by atoms with E-state index in [1.807, 2.05) is 18.2 Å². The average Bonchev–Trinajstić information content (AvgIpc) is 2.39. The van der Waals surface area contributed by atoms with E-state index in [1.54, 1.807) is 31.5 Å². The van der Waals surface area contributed by atoms with E-state index in [-0.39, 0.29) is 5.97 Å². The van der Waals surface area contributed by atoms with Crippen LogP contribution in [0.15, 0.2) is 42.7 Å². The van der Waals surface area contributed by atoms with Crippen LogP contribution >= 0.6 is 0 Å². The fourth-order valence-electron chi connectivity index (χ4n) is 1.59. The lowest BCUT2D eigenvalue weighted by Crippen LogP contribution is -2.06. The molecule has 0 spiro atoms. The molecule has 0 aliphatic rings. The van der Waals surface area contributed by atoms with Crippen molar-refractivity contribution >= 4 is 11.7 Å². The third-order valence-corrected chi connectivity index (χ3v) is 2.49. The summed E-state index contributed by atoms with van der Waals surface area (Å²) < 4.78 is 5.27. The third-order valence-electron chi connectivity index (χ3n) is 2.49. The molecule has 0 aliphatic carbocycles. The molecule has 0 atom stereocenters. The number of hydrogen-bond acceptors (Lipinski definition) is 4. The first-order chi connectivity index (χ1) is 8.70. The molecule has 0 saturated carbocycles. The Morgan fingerprint density at radius 1 is 1.39 bits per heavy atom. The molecule has 2 N–H and O–H groups in total. The lowest BCUT2D eigenvalue weighted by Gasteiger charge is -2.09. The minimum absolute atomic E-state index is 0.272. The van der Waals surface area contributed by atoms with E-state index in [2.05, 4.69) is 4.98 Å². The van der Waals surface area contributed by atoms with Crippen molar-refractivity contribution in [1.82, 2.24) is 4.98 Å². The second-order valence-electron chi connectivity index (χ2n) is 3.82. The fourth-order valence-corrected chi connectivity index (χ4v) is 1.59. The van der Waals surface area contributed by atoms with Crippen LogP contribution in [0.1, 0.15) is 13.3 Å². The van der Waals surface area contributed by atoms with E-state index in [0.717, 1.165) is 11.1 Å². The van der Waals surface area contributed by atoms with E-state index < -0.39 is 0 Å². The number of rotatable bonds is 3. The number of nitrogens with zero attached hydrogens (tertiary/aromatic N) is 1. The molecule has 1 aromatic heterocycles. The van der Waals surface area contributed by atoms with Crippen molar-refractivity contribution in [3.05, 3.63) is 42.7 Å². The molecule has 1 heterocycles. The molecule has 0 aliphatic heterocycles. The maximum atomic E-state index is 11.4. The molecular formula is C14H14N2O2. The van der Waals surface area contributed by atoms with Crippen molar-refractivity contribution in [2.45, 2.75) is 13.3 Å². The number of esters is 1. The Balaban J connectivity index is 2.41. The first-order valence-corrected chi connectivity index (χ1v) is 5.71. The number of nitrogens with two attached hydrogens (primary N) is 1. The van der Waals surface area contributed by atoms with Gasteiger partial charge in [-0.3, -0.25) is 9.78 Å². The summed E-state index contributed by atoms with van der Waals surface area (Å²) in [6, 6.07) is 9.05. The van der Waals surface area contributed by atoms with E-state index in [9.17, 15) is 4.79 Å². The van der Waals surface area contributed by atoms with E-state index in [1.165, 1.54) is 0 Å². The van der Waals surface area contributed by atoms with E-state index in [0.29, 0.717) is 17.9 Å². The van der Waals surface area contributed by atoms with Crippen LogP contribution in [0.4, 0.5) is 5.69 Å². The largest absolute Gasteiger partial charge is 0.426 e. The number of benzene rings is 1. The second-order valence-corrected chi connectivity index (χ2v) is 3.82. The Bertz CT molecular complexity index is 567. The summed E-state index contributed by atoms with van der Waals surface area (Å²) in [6.07, 6.45) is 3.58. The van der Waals surface area contributed by atoms with Crippen molar-refractivity contribution in [3.63, 3.8) is 0 Å². The molecule has 0 amide bonds. The van der Waals surface area contributed by atoms with Crippen LogP contribution in [0.5, 0.6) is 5.75 Å². The molecule has 4 nitrogen and oxygen atoms in total. The van der Waals surface area contributed by atoms with Gasteiger partial charge in [0.2, 0.25) is 0 Å². The predicted molar refractivity (Wildman–Crippen MR) is 70.0 cm³/mol. The van der Waals surface area contributed by atoms with Crippen molar-refractivity contribution in [3.8, 4) is 16.9 Å². The molecule has 0 radical (unpaired) electrons. The van der Waals surface area contributed by atoms with Crippen LogP contribution in [-0.2, 0) is 4.79 Å². The summed E-state index contributed by atoms with van der Waals surface area (Å²) in [7, 11) is 0. The summed E-state index contributed by atoms with van der Waals surface area (Å²) in [5, 5.41) is 0. The SMILES string of the molecule is CCC(=O)Oc1ccncc1-c1cccc(N)c1. The molecule has 0 unspecified atom stereocenters. The Morgan fingerprint density at radius 3 is 2.94 bits per heavy atom. The zero-order chi connectivity index (χ0) is 13.0. The highest BCUT2D eigenvalue weighted by molar-refractivity contribution is 5.78. The van der Waals surface area contributed by atoms with Gasteiger partial charge in [-0.2, -0.15) is 0 Å². The normalized spacial score (nSPS) is 10.1. The van der Waals surface area contributed by atoms with Gasteiger partial charge in [-0.05, 0) is 23.8 Å². The van der Waals surface area contributed by atoms with Gasteiger partial charge in [-0.1, -0.05) is 19.1 Å². The first-order valence-electron chi connectivity index (χ1n) is 5.71. The smallest absolute Gasteiger partial charge is 0.310 e. The molecule has 0 saturated heterocycles. The maximum absolute atomic E-state index is 11.4. The second kappa shape index (κ2) is 5.31. The van der Waals surface area contributed by atoms with E-state index >= 15 is 0 Å². The summed E-state index contributed by atoms with van der Waals surface area (Å²) in [5.41, 5.74) is 8.03. The average molecular weight is 242 g/mol. The minimum Gasteiger partial charge on any atom is -0.426 e. The predicted octanol–water partition coefficient (Wildman–Crippen LogP) is 2.65. The van der Waals surface area contributed by atoms with Crippen LogP contribution < -0.4 is 10.5 Å². The summed E-state index contributed by atoms with van der Waals surface area (Å²) in [5.74, 6) is 0.230. The molecular weight excluding hydrogens is 228 g/mol. The Morgan fingerprint density at radius 2 is 2.22 bits per heavy atom. The van der Waals surface area contributed by atoms with Gasteiger partial charge in [0.1, 0.15) is 5.75 Å². The Hall–Kier alpha value is -2.36. The van der Waals surface area contributed by atoms with Gasteiger partial charge in [-0.25, -0.2) is 0 Å². The Labute approximate surface area is 105 Å². The summed E-state index contributed by atoms with van der Waals surface area (Å²) >= 11 is 0. The van der Waals surface area contributed by atoms with Gasteiger partial charge in [0.15, 0.2) is 0 Å². The van der Waals surface area contributed by atoms with Crippen LogP contribution in [0.3, 0.4) is 0 Å². The highest BCUT2D eigenvalue weighted by Crippen LogP contribution is 2.30. The van der Waals surface area contributed by atoms with Crippen molar-refractivity contribution in [2.75, 3.05) is 5.73 Å². The molecule has 2 aromatic rings. The lowest BCUT2D eigenvalue weighted by molar-refractivity contribution is -0.133. The molecule has 4 heteroatoms. The number of hydrogen-bond donors (Lipinski definition) is 1. The van der Waals surface area contributed by atoms with Gasteiger partial charge in [0, 0.05) is 30.1 Å². The number of carbonyl (C=O) groups is 1. The zero-order valence-corrected chi connectivity index (χ0v) is 10.1. The van der Waals surface area contributed by atoms with Crippen molar-refractivity contribution in [1.29, 1.82) is 0 Å². The minimum atomic E-state index is -0.272. The topological polar surface area (TPSA) is 65.2 Å². The summed E-state index contributed by atoms with van der Waals surface area (Å²) in [6.45, 7) is 1.75. The molecule has 18 heavy (non-hydrogen) atoms. The molecule has 0 fully saturated rings. The highest BCUT2D eigenvalue weighted by Gasteiger charge is 2.09. The van der Waals surface area contributed by atoms with Crippen LogP contribution in [0.2, 0.25) is 0 Å². The van der Waals surface area contributed by atoms with Crippen LogP contribution in [0.25, 0.3) is 11.1 Å². The van der Waals surface area contributed by atoms with Crippen molar-refractivity contribution in [2.24, 2.45) is 0 Å². The number of anilines is 1. The molecule has 2 rings (SSSR count). The maximum Gasteiger partial charge on any atom is 0.310 e. The van der Waals surface area contributed by atoms with Gasteiger partial charge in [0.05, 0.1) is 0 Å². The first kappa shape index (κ1) is 12.1. The number of carbonyl (C=O) groups excluding carboxylic acids is 1. The van der Waals surface area contributed by atoms with E-state index in [4.69, 9.17) is 10.5 Å². The molecule has 92 valence electrons. The molecule has 1 aromatic carbocycles. The highest BCUT2D eigenvalue weighted by atomic mass is 16.5. The standard InChI is InChI=1S/C14H14N2O2/c1-2-14(17)18-13-6-7-16-9-12(13)10-4-3-5-11(15)8-10/h3-9H,2,15H2,1H3. The Kier molecular flexibility index (Phi) is 3.57. The van der Waals surface area contributed by atoms with Crippen LogP contribution in [-0.4, -0.2) is 11.0 Å². The number of nitrogen functional groups attached to an aromatic ring is 1. The van der Waals surface area contributed by atoms with Gasteiger partial charge >= 0.3 is 5.97 Å². The zero-order valence-electron chi connectivity index (χ0n) is 10.1. The number of ether oxygens (including phenoxy) is 1. The monoisotopic (exact) mass is 242 g/mol. The number of pyridine rings is 1. The molecule has 0 bridgehead atoms. The lowest BCUT2D eigenvalue weighted by atomic mass is 10.1. The quantitative estimate of drug-likeness (QED) is 0.663.